The molecule has 2 aromatic rings. The van der Waals surface area contributed by atoms with Gasteiger partial charge in [-0.1, -0.05) is 11.6 Å². The molecular weight excluding hydrogens is 337 g/mol. The monoisotopic (exact) mass is 347 g/mol. The van der Waals surface area contributed by atoms with Crippen LogP contribution in [-0.2, 0) is 14.4 Å². The number of nitrogens with zero attached hydrogens (tertiary/aromatic N) is 2. The lowest BCUT2D eigenvalue weighted by atomic mass is 10.2. The Labute approximate surface area is 133 Å². The Kier molecular flexibility index (Phi) is 5.95. The third kappa shape index (κ3) is 4.59. The normalized spacial score (nSPS) is 11.6. The molecule has 2 N–H and O–H groups in total. The van der Waals surface area contributed by atoms with Gasteiger partial charge in [0.05, 0.1) is 0 Å². The van der Waals surface area contributed by atoms with Gasteiger partial charge < -0.3 is 5.73 Å². The zero-order valence-electron chi connectivity index (χ0n) is 10.5. The highest BCUT2D eigenvalue weighted by atomic mass is 35.5. The number of amidine groups is 1. The van der Waals surface area contributed by atoms with Gasteiger partial charge in [0.25, 0.3) is 0 Å². The number of aromatic nitrogens is 1. The summed E-state index contributed by atoms with van der Waals surface area (Å²) in [6.45, 7) is 0. The van der Waals surface area contributed by atoms with Gasteiger partial charge in [-0.3, -0.25) is 9.27 Å². The first-order valence-corrected chi connectivity index (χ1v) is 7.21. The maximum Gasteiger partial charge on any atom is 0.358 e. The average molecular weight is 348 g/mol. The number of oxime groups is 1. The molecule has 9 heteroatoms. The third-order valence-electron chi connectivity index (χ3n) is 2.31. The van der Waals surface area contributed by atoms with Gasteiger partial charge in [-0.25, -0.2) is 0 Å². The maximum atomic E-state index is 11.8. The van der Waals surface area contributed by atoms with Gasteiger partial charge in [-0.05, 0) is 41.6 Å². The minimum absolute atomic E-state index is 0. The van der Waals surface area contributed by atoms with E-state index in [1.54, 1.807) is 12.1 Å². The largest absolute Gasteiger partial charge is 0.380 e. The van der Waals surface area contributed by atoms with Crippen LogP contribution in [0.3, 0.4) is 0 Å². The second kappa shape index (κ2) is 7.26. The Morgan fingerprint density at radius 3 is 2.29 bits per heavy atom. The van der Waals surface area contributed by atoms with Crippen molar-refractivity contribution >= 4 is 40.0 Å². The topological polar surface area (TPSA) is 94.6 Å². The fourth-order valence-corrected chi connectivity index (χ4v) is 2.17. The zero-order chi connectivity index (χ0) is 14.6. The lowest BCUT2D eigenvalue weighted by Gasteiger charge is -2.03. The van der Waals surface area contributed by atoms with E-state index in [1.807, 2.05) is 0 Å². The van der Waals surface area contributed by atoms with Crippen molar-refractivity contribution in [2.24, 2.45) is 10.9 Å². The maximum absolute atomic E-state index is 11.8. The summed E-state index contributed by atoms with van der Waals surface area (Å²) < 4.78 is 28.2. The van der Waals surface area contributed by atoms with E-state index in [2.05, 4.69) is 14.4 Å². The average Bonchev–Trinajstić information content (AvgIpc) is 2.46. The van der Waals surface area contributed by atoms with Crippen molar-refractivity contribution in [1.82, 2.24) is 4.98 Å². The molecule has 1 aromatic heterocycles. The second-order valence-corrected chi connectivity index (χ2v) is 5.66. The smallest absolute Gasteiger partial charge is 0.358 e. The molecule has 0 unspecified atom stereocenters. The lowest BCUT2D eigenvalue weighted by molar-refractivity contribution is 0.338. The van der Waals surface area contributed by atoms with Gasteiger partial charge in [0.1, 0.15) is 4.90 Å². The van der Waals surface area contributed by atoms with Crippen molar-refractivity contribution in [3.05, 3.63) is 59.4 Å². The molecule has 0 atom stereocenters. The summed E-state index contributed by atoms with van der Waals surface area (Å²) in [5.41, 5.74) is 6.12. The summed E-state index contributed by atoms with van der Waals surface area (Å²) in [6, 6.07) is 8.67. The Hall–Kier alpha value is -1.83. The Balaban J connectivity index is 0.00000220. The predicted octanol–water partition coefficient (Wildman–Crippen LogP) is 2.18. The van der Waals surface area contributed by atoms with Crippen molar-refractivity contribution < 1.29 is 12.7 Å². The standard InChI is InChI=1S/C12H10ClN3O3S.ClH/c13-10-1-3-11(4-2-10)20(17,18)19-16-12(14)9-5-7-15-8-6-9;/h1-8H,(H2,14,16);1H. The SMILES string of the molecule is Cl.N/C(=N\OS(=O)(=O)c1ccc(Cl)cc1)c1ccncc1. The second-order valence-electron chi connectivity index (χ2n) is 3.69. The highest BCUT2D eigenvalue weighted by Gasteiger charge is 2.15. The van der Waals surface area contributed by atoms with Crippen LogP contribution >= 0.6 is 24.0 Å². The first kappa shape index (κ1) is 17.2. The Morgan fingerprint density at radius 2 is 1.71 bits per heavy atom. The summed E-state index contributed by atoms with van der Waals surface area (Å²) in [7, 11) is -4.02. The van der Waals surface area contributed by atoms with E-state index in [1.165, 1.54) is 36.7 Å². The summed E-state index contributed by atoms with van der Waals surface area (Å²) >= 11 is 5.68. The fourth-order valence-electron chi connectivity index (χ4n) is 1.31. The van der Waals surface area contributed by atoms with Crippen molar-refractivity contribution in [3.63, 3.8) is 0 Å². The molecule has 1 aromatic carbocycles. The molecule has 0 aliphatic heterocycles. The van der Waals surface area contributed by atoms with Crippen LogP contribution in [0.1, 0.15) is 5.56 Å². The molecule has 0 saturated carbocycles. The minimum Gasteiger partial charge on any atom is -0.380 e. The van der Waals surface area contributed by atoms with Crippen molar-refractivity contribution in [2.75, 3.05) is 0 Å². The van der Waals surface area contributed by atoms with Gasteiger partial charge in [-0.15, -0.1) is 12.4 Å². The molecule has 1 heterocycles. The molecule has 0 amide bonds. The summed E-state index contributed by atoms with van der Waals surface area (Å²) in [5, 5.41) is 3.83. The third-order valence-corrected chi connectivity index (χ3v) is 3.68. The molecular formula is C12H11Cl2N3O3S. The molecule has 0 spiro atoms. The van der Waals surface area contributed by atoms with Crippen LogP contribution in [0.25, 0.3) is 0 Å². The summed E-state index contributed by atoms with van der Waals surface area (Å²) in [6.07, 6.45) is 3.01. The summed E-state index contributed by atoms with van der Waals surface area (Å²) in [4.78, 5) is 3.75. The first-order chi connectivity index (χ1) is 9.49. The number of nitrogens with two attached hydrogens (primary N) is 1. The predicted molar refractivity (Wildman–Crippen MR) is 81.9 cm³/mol. The van der Waals surface area contributed by atoms with Crippen LogP contribution in [0.15, 0.2) is 58.8 Å². The van der Waals surface area contributed by atoms with Gasteiger partial charge in [0.15, 0.2) is 5.84 Å². The first-order valence-electron chi connectivity index (χ1n) is 5.42. The van der Waals surface area contributed by atoms with E-state index in [9.17, 15) is 8.42 Å². The van der Waals surface area contributed by atoms with Crippen LogP contribution in [0, 0.1) is 0 Å². The molecule has 0 fully saturated rings. The molecule has 0 aliphatic carbocycles. The molecule has 6 nitrogen and oxygen atoms in total. The lowest BCUT2D eigenvalue weighted by Crippen LogP contribution is -2.15. The van der Waals surface area contributed by atoms with E-state index < -0.39 is 10.1 Å². The Bertz CT molecular complexity index is 719. The van der Waals surface area contributed by atoms with Crippen molar-refractivity contribution in [2.45, 2.75) is 4.90 Å². The molecule has 2 rings (SSSR count). The molecule has 0 aliphatic rings. The molecule has 21 heavy (non-hydrogen) atoms. The zero-order valence-corrected chi connectivity index (χ0v) is 12.9. The Morgan fingerprint density at radius 1 is 1.14 bits per heavy atom. The number of pyridine rings is 1. The molecule has 0 bridgehead atoms. The highest BCUT2D eigenvalue weighted by molar-refractivity contribution is 7.86. The van der Waals surface area contributed by atoms with Gasteiger partial charge in [-0.2, -0.15) is 8.42 Å². The van der Waals surface area contributed by atoms with Gasteiger partial charge in [0.2, 0.25) is 0 Å². The fraction of sp³-hybridized carbons (Fsp3) is 0. The minimum atomic E-state index is -4.02. The number of hydrogen-bond acceptors (Lipinski definition) is 5. The number of halogens is 2. The van der Waals surface area contributed by atoms with E-state index in [0.717, 1.165) is 0 Å². The number of benzene rings is 1. The quantitative estimate of drug-likeness (QED) is 0.519. The van der Waals surface area contributed by atoms with Crippen LogP contribution in [-0.4, -0.2) is 19.2 Å². The summed E-state index contributed by atoms with van der Waals surface area (Å²) in [5.74, 6) is -0.0649. The number of rotatable bonds is 4. The number of hydrogen-bond donors (Lipinski definition) is 1. The molecule has 0 radical (unpaired) electrons. The van der Waals surface area contributed by atoms with Crippen LogP contribution < -0.4 is 5.73 Å². The van der Waals surface area contributed by atoms with Gasteiger partial charge in [0, 0.05) is 23.0 Å². The van der Waals surface area contributed by atoms with E-state index in [-0.39, 0.29) is 23.1 Å². The van der Waals surface area contributed by atoms with Crippen molar-refractivity contribution in [1.29, 1.82) is 0 Å². The highest BCUT2D eigenvalue weighted by Crippen LogP contribution is 2.16. The van der Waals surface area contributed by atoms with E-state index >= 15 is 0 Å². The van der Waals surface area contributed by atoms with Crippen LogP contribution in [0.2, 0.25) is 5.02 Å². The van der Waals surface area contributed by atoms with Crippen molar-refractivity contribution in [3.8, 4) is 0 Å². The van der Waals surface area contributed by atoms with E-state index in [0.29, 0.717) is 10.6 Å². The molecule has 112 valence electrons. The van der Waals surface area contributed by atoms with Crippen LogP contribution in [0.5, 0.6) is 0 Å². The van der Waals surface area contributed by atoms with Crippen LogP contribution in [0.4, 0.5) is 0 Å². The molecule has 0 saturated heterocycles. The van der Waals surface area contributed by atoms with Gasteiger partial charge >= 0.3 is 10.1 Å². The van der Waals surface area contributed by atoms with E-state index in [4.69, 9.17) is 17.3 Å².